The molecule has 110 valence electrons. The summed E-state index contributed by atoms with van der Waals surface area (Å²) >= 11 is 0. The highest BCUT2D eigenvalue weighted by Gasteiger charge is 2.27. The molecule has 0 radical (unpaired) electrons. The van der Waals surface area contributed by atoms with E-state index in [-0.39, 0.29) is 11.9 Å². The van der Waals surface area contributed by atoms with E-state index in [0.29, 0.717) is 6.61 Å². The van der Waals surface area contributed by atoms with Crippen LogP contribution in [-0.4, -0.2) is 48.8 Å². The Hall–Kier alpha value is -1.95. The van der Waals surface area contributed by atoms with Gasteiger partial charge in [0.15, 0.2) is 5.84 Å². The predicted octanol–water partition coefficient (Wildman–Crippen LogP) is 1.28. The van der Waals surface area contributed by atoms with Gasteiger partial charge < -0.3 is 20.4 Å². The molecule has 1 aliphatic rings. The molecule has 2 rings (SSSR count). The number of ether oxygens (including phenoxy) is 2. The molecule has 1 atom stereocenters. The highest BCUT2D eigenvalue weighted by atomic mass is 16.5. The van der Waals surface area contributed by atoms with E-state index in [4.69, 9.17) is 20.4 Å². The molecule has 0 saturated carbocycles. The van der Waals surface area contributed by atoms with Crippen LogP contribution in [0.3, 0.4) is 0 Å². The topological polar surface area (TPSA) is 80.3 Å². The van der Waals surface area contributed by atoms with E-state index in [1.54, 1.807) is 7.11 Å². The van der Waals surface area contributed by atoms with Gasteiger partial charge in [-0.1, -0.05) is 5.16 Å². The first-order chi connectivity index (χ1) is 9.74. The number of hydrogen-bond acceptors (Lipinski definition) is 5. The minimum atomic E-state index is 0.0273. The van der Waals surface area contributed by atoms with Gasteiger partial charge in [0.25, 0.3) is 0 Å². The Morgan fingerprint density at radius 2 is 2.10 bits per heavy atom. The number of hydrogen-bond donors (Lipinski definition) is 2. The molecule has 3 N–H and O–H groups in total. The smallest absolute Gasteiger partial charge is 0.156 e. The van der Waals surface area contributed by atoms with E-state index in [0.717, 1.165) is 37.4 Å². The van der Waals surface area contributed by atoms with E-state index in [9.17, 15) is 0 Å². The molecule has 20 heavy (non-hydrogen) atoms. The van der Waals surface area contributed by atoms with E-state index in [1.807, 2.05) is 24.3 Å². The van der Waals surface area contributed by atoms with Crippen molar-refractivity contribution in [3.63, 3.8) is 0 Å². The second-order valence-corrected chi connectivity index (χ2v) is 4.74. The third-order valence-electron chi connectivity index (χ3n) is 3.53. The third-order valence-corrected chi connectivity index (χ3v) is 3.53. The van der Waals surface area contributed by atoms with Crippen molar-refractivity contribution in [1.82, 2.24) is 4.90 Å². The predicted molar refractivity (Wildman–Crippen MR) is 76.5 cm³/mol. The van der Waals surface area contributed by atoms with Gasteiger partial charge in [-0.25, -0.2) is 0 Å². The molecular weight excluding hydrogens is 258 g/mol. The Balaban J connectivity index is 1.80. The van der Waals surface area contributed by atoms with Gasteiger partial charge >= 0.3 is 0 Å². The summed E-state index contributed by atoms with van der Waals surface area (Å²) in [5.41, 5.74) is 5.69. The molecule has 1 aromatic rings. The van der Waals surface area contributed by atoms with Gasteiger partial charge in [0.2, 0.25) is 0 Å². The minimum Gasteiger partial charge on any atom is -0.497 e. The first kappa shape index (κ1) is 14.5. The van der Waals surface area contributed by atoms with E-state index in [1.165, 1.54) is 0 Å². The number of rotatable bonds is 6. The van der Waals surface area contributed by atoms with Crippen LogP contribution >= 0.6 is 0 Å². The average Bonchev–Trinajstić information content (AvgIpc) is 2.95. The Kier molecular flexibility index (Phi) is 5.06. The van der Waals surface area contributed by atoms with Crippen molar-refractivity contribution in [1.29, 1.82) is 0 Å². The fraction of sp³-hybridized carbons (Fsp3) is 0.500. The number of amidine groups is 1. The number of nitrogens with two attached hydrogens (primary N) is 1. The van der Waals surface area contributed by atoms with E-state index in [2.05, 4.69) is 10.1 Å². The van der Waals surface area contributed by atoms with Crippen LogP contribution in [0.15, 0.2) is 29.4 Å². The van der Waals surface area contributed by atoms with Crippen LogP contribution in [0.1, 0.15) is 12.8 Å². The second kappa shape index (κ2) is 7.00. The molecule has 0 spiro atoms. The highest BCUT2D eigenvalue weighted by Crippen LogP contribution is 2.19. The molecule has 6 heteroatoms. The zero-order valence-electron chi connectivity index (χ0n) is 11.7. The maximum absolute atomic E-state index is 8.76. The summed E-state index contributed by atoms with van der Waals surface area (Å²) in [4.78, 5) is 2.18. The van der Waals surface area contributed by atoms with Crippen LogP contribution in [0, 0.1) is 0 Å². The Labute approximate surface area is 118 Å². The van der Waals surface area contributed by atoms with Crippen molar-refractivity contribution in [3.05, 3.63) is 24.3 Å². The van der Waals surface area contributed by atoms with Crippen molar-refractivity contribution in [3.8, 4) is 11.5 Å². The number of likely N-dealkylation sites (tertiary alicyclic amines) is 1. The molecule has 0 bridgehead atoms. The second-order valence-electron chi connectivity index (χ2n) is 4.74. The van der Waals surface area contributed by atoms with Crippen LogP contribution in [0.4, 0.5) is 0 Å². The van der Waals surface area contributed by atoms with Gasteiger partial charge in [0.1, 0.15) is 18.1 Å². The van der Waals surface area contributed by atoms with Gasteiger partial charge in [-0.05, 0) is 43.7 Å². The van der Waals surface area contributed by atoms with Crippen LogP contribution in [0.5, 0.6) is 11.5 Å². The van der Waals surface area contributed by atoms with Gasteiger partial charge in [-0.3, -0.25) is 4.90 Å². The standard InChI is InChI=1S/C14H21N3O3/c1-19-11-4-6-12(7-5-11)20-10-9-17-8-2-3-13(17)14(15)16-18/h4-7,13,18H,2-3,8-10H2,1H3,(H2,15,16). The monoisotopic (exact) mass is 279 g/mol. The number of methoxy groups -OCH3 is 1. The lowest BCUT2D eigenvalue weighted by molar-refractivity contribution is 0.217. The maximum Gasteiger partial charge on any atom is 0.156 e. The molecule has 0 aromatic heterocycles. The first-order valence-electron chi connectivity index (χ1n) is 6.73. The number of benzene rings is 1. The molecular formula is C14H21N3O3. The molecule has 1 aliphatic heterocycles. The zero-order chi connectivity index (χ0) is 14.4. The molecule has 1 unspecified atom stereocenters. The summed E-state index contributed by atoms with van der Waals surface area (Å²) < 4.78 is 10.8. The Bertz CT molecular complexity index is 447. The van der Waals surface area contributed by atoms with Crippen molar-refractivity contribution in [2.75, 3.05) is 26.8 Å². The van der Waals surface area contributed by atoms with Gasteiger partial charge in [0.05, 0.1) is 13.2 Å². The fourth-order valence-electron chi connectivity index (χ4n) is 2.45. The normalized spacial score (nSPS) is 20.1. The van der Waals surface area contributed by atoms with Crippen molar-refractivity contribution in [2.24, 2.45) is 10.9 Å². The molecule has 0 aliphatic carbocycles. The van der Waals surface area contributed by atoms with Gasteiger partial charge in [0, 0.05) is 6.54 Å². The minimum absolute atomic E-state index is 0.0273. The SMILES string of the molecule is COc1ccc(OCCN2CCCC2C(N)=NO)cc1. The summed E-state index contributed by atoms with van der Waals surface area (Å²) in [5, 5.41) is 11.9. The quantitative estimate of drug-likeness (QED) is 0.355. The lowest BCUT2D eigenvalue weighted by atomic mass is 10.2. The van der Waals surface area contributed by atoms with Crippen LogP contribution in [0.25, 0.3) is 0 Å². The first-order valence-corrected chi connectivity index (χ1v) is 6.73. The highest BCUT2D eigenvalue weighted by molar-refractivity contribution is 5.85. The lowest BCUT2D eigenvalue weighted by Gasteiger charge is -2.23. The third kappa shape index (κ3) is 3.54. The Morgan fingerprint density at radius 1 is 1.40 bits per heavy atom. The fourth-order valence-corrected chi connectivity index (χ4v) is 2.45. The summed E-state index contributed by atoms with van der Waals surface area (Å²) in [6, 6.07) is 7.52. The van der Waals surface area contributed by atoms with Crippen LogP contribution in [0.2, 0.25) is 0 Å². The summed E-state index contributed by atoms with van der Waals surface area (Å²) in [7, 11) is 1.64. The molecule has 1 heterocycles. The van der Waals surface area contributed by atoms with Crippen LogP contribution < -0.4 is 15.2 Å². The molecule has 1 saturated heterocycles. The number of oxime groups is 1. The van der Waals surface area contributed by atoms with Gasteiger partial charge in [-0.15, -0.1) is 0 Å². The zero-order valence-corrected chi connectivity index (χ0v) is 11.7. The summed E-state index contributed by atoms with van der Waals surface area (Å²) in [5.74, 6) is 1.90. The summed E-state index contributed by atoms with van der Waals surface area (Å²) in [6.07, 6.45) is 1.99. The molecule has 1 fully saturated rings. The van der Waals surface area contributed by atoms with Crippen molar-refractivity contribution in [2.45, 2.75) is 18.9 Å². The average molecular weight is 279 g/mol. The molecule has 1 aromatic carbocycles. The summed E-state index contributed by atoms with van der Waals surface area (Å²) in [6.45, 7) is 2.28. The van der Waals surface area contributed by atoms with Crippen molar-refractivity contribution < 1.29 is 14.7 Å². The number of nitrogens with zero attached hydrogens (tertiary/aromatic N) is 2. The molecule has 0 amide bonds. The van der Waals surface area contributed by atoms with Gasteiger partial charge in [-0.2, -0.15) is 0 Å². The molecule has 6 nitrogen and oxygen atoms in total. The van der Waals surface area contributed by atoms with Crippen LogP contribution in [-0.2, 0) is 0 Å². The maximum atomic E-state index is 8.76. The largest absolute Gasteiger partial charge is 0.497 e. The van der Waals surface area contributed by atoms with E-state index >= 15 is 0 Å². The van der Waals surface area contributed by atoms with E-state index < -0.39 is 0 Å². The lowest BCUT2D eigenvalue weighted by Crippen LogP contribution is -2.42. The Morgan fingerprint density at radius 3 is 2.75 bits per heavy atom. The van der Waals surface area contributed by atoms with Crippen molar-refractivity contribution >= 4 is 5.84 Å².